The normalized spacial score (nSPS) is 26.0. The maximum Gasteiger partial charge on any atom is 0.0820 e. The molecule has 0 aliphatic carbocycles. The summed E-state index contributed by atoms with van der Waals surface area (Å²) in [7, 11) is 0. The van der Waals surface area contributed by atoms with E-state index in [-0.39, 0.29) is 12.1 Å². The molecule has 1 aliphatic rings. The van der Waals surface area contributed by atoms with Crippen molar-refractivity contribution in [3.8, 4) is 0 Å². The van der Waals surface area contributed by atoms with Crippen molar-refractivity contribution in [1.82, 2.24) is 10.2 Å². The van der Waals surface area contributed by atoms with Gasteiger partial charge in [-0.2, -0.15) is 0 Å². The maximum atomic E-state index is 10.0. The molecule has 94 valence electrons. The Morgan fingerprint density at radius 2 is 2.12 bits per heavy atom. The van der Waals surface area contributed by atoms with Crippen LogP contribution in [-0.2, 0) is 6.54 Å². The number of benzene rings is 1. The summed E-state index contributed by atoms with van der Waals surface area (Å²) in [6.45, 7) is 5.79. The van der Waals surface area contributed by atoms with Crippen molar-refractivity contribution < 1.29 is 5.11 Å². The molecule has 2 rings (SSSR count). The predicted molar refractivity (Wildman–Crippen MR) is 69.8 cm³/mol. The van der Waals surface area contributed by atoms with Crippen LogP contribution in [-0.4, -0.2) is 41.8 Å². The van der Waals surface area contributed by atoms with E-state index in [0.29, 0.717) is 0 Å². The van der Waals surface area contributed by atoms with E-state index in [2.05, 4.69) is 41.4 Å². The van der Waals surface area contributed by atoms with Crippen molar-refractivity contribution >= 4 is 0 Å². The number of rotatable bonds is 4. The fraction of sp³-hybridized carbons (Fsp3) is 0.571. The fourth-order valence-corrected chi connectivity index (χ4v) is 2.48. The number of aliphatic hydroxyl groups excluding tert-OH is 1. The average molecular weight is 234 g/mol. The number of β-amino-alcohol motifs (C(OH)–C–C–N with tert-alkyl or cyclic N) is 1. The van der Waals surface area contributed by atoms with Crippen LogP contribution in [0.2, 0.25) is 0 Å². The summed E-state index contributed by atoms with van der Waals surface area (Å²) in [5.41, 5.74) is 1.32. The Hall–Kier alpha value is -0.900. The zero-order chi connectivity index (χ0) is 12.1. The number of likely N-dealkylation sites (N-methyl/N-ethyl adjacent to an activating group) is 1. The zero-order valence-corrected chi connectivity index (χ0v) is 10.5. The third-order valence-electron chi connectivity index (χ3n) is 3.38. The Bertz CT molecular complexity index is 328. The van der Waals surface area contributed by atoms with Gasteiger partial charge in [-0.25, -0.2) is 0 Å². The van der Waals surface area contributed by atoms with Crippen LogP contribution in [0, 0.1) is 0 Å². The molecule has 1 aromatic rings. The second-order valence-electron chi connectivity index (χ2n) is 4.74. The van der Waals surface area contributed by atoms with Crippen LogP contribution in [0.3, 0.4) is 0 Å². The van der Waals surface area contributed by atoms with Gasteiger partial charge >= 0.3 is 0 Å². The number of aliphatic hydroxyl groups is 1. The summed E-state index contributed by atoms with van der Waals surface area (Å²) in [5, 5.41) is 13.4. The van der Waals surface area contributed by atoms with Crippen molar-refractivity contribution in [3.63, 3.8) is 0 Å². The fourth-order valence-electron chi connectivity index (χ4n) is 2.48. The average Bonchev–Trinajstić information content (AvgIpc) is 2.34. The molecule has 0 saturated carbocycles. The van der Waals surface area contributed by atoms with Gasteiger partial charge in [0.15, 0.2) is 0 Å². The van der Waals surface area contributed by atoms with Gasteiger partial charge in [-0.1, -0.05) is 37.3 Å². The highest BCUT2D eigenvalue weighted by Crippen LogP contribution is 2.14. The molecule has 1 aromatic carbocycles. The Labute approximate surface area is 103 Å². The Kier molecular flexibility index (Phi) is 4.54. The highest BCUT2D eigenvalue weighted by Gasteiger charge is 2.26. The van der Waals surface area contributed by atoms with E-state index >= 15 is 0 Å². The molecule has 3 nitrogen and oxygen atoms in total. The van der Waals surface area contributed by atoms with Gasteiger partial charge < -0.3 is 10.4 Å². The van der Waals surface area contributed by atoms with Gasteiger partial charge in [0, 0.05) is 25.7 Å². The summed E-state index contributed by atoms with van der Waals surface area (Å²) in [5.74, 6) is 0. The minimum Gasteiger partial charge on any atom is -0.390 e. The smallest absolute Gasteiger partial charge is 0.0820 e. The highest BCUT2D eigenvalue weighted by molar-refractivity contribution is 5.14. The van der Waals surface area contributed by atoms with Gasteiger partial charge in [-0.3, -0.25) is 4.90 Å². The molecule has 3 heteroatoms. The van der Waals surface area contributed by atoms with E-state index < -0.39 is 0 Å². The Morgan fingerprint density at radius 1 is 1.35 bits per heavy atom. The SMILES string of the molecule is CCN[C@@H]1CCN(Cc2ccccc2)C[C@H]1O. The molecule has 0 spiro atoms. The quantitative estimate of drug-likeness (QED) is 0.822. The summed E-state index contributed by atoms with van der Waals surface area (Å²) in [6, 6.07) is 10.7. The summed E-state index contributed by atoms with van der Waals surface area (Å²) < 4.78 is 0. The summed E-state index contributed by atoms with van der Waals surface area (Å²) in [4.78, 5) is 2.33. The number of piperidine rings is 1. The summed E-state index contributed by atoms with van der Waals surface area (Å²) >= 11 is 0. The van der Waals surface area contributed by atoms with Crippen LogP contribution in [0.1, 0.15) is 18.9 Å². The Balaban J connectivity index is 1.85. The van der Waals surface area contributed by atoms with E-state index in [0.717, 1.165) is 32.6 Å². The second-order valence-corrected chi connectivity index (χ2v) is 4.74. The summed E-state index contributed by atoms with van der Waals surface area (Å²) in [6.07, 6.45) is 0.786. The molecule has 1 aliphatic heterocycles. The van der Waals surface area contributed by atoms with Crippen LogP contribution in [0.5, 0.6) is 0 Å². The number of nitrogens with zero attached hydrogens (tertiary/aromatic N) is 1. The first-order chi connectivity index (χ1) is 8.29. The van der Waals surface area contributed by atoms with Gasteiger partial charge in [-0.15, -0.1) is 0 Å². The Morgan fingerprint density at radius 3 is 2.76 bits per heavy atom. The number of hydrogen-bond donors (Lipinski definition) is 2. The van der Waals surface area contributed by atoms with E-state index in [1.807, 2.05) is 6.07 Å². The highest BCUT2D eigenvalue weighted by atomic mass is 16.3. The van der Waals surface area contributed by atoms with Crippen LogP contribution >= 0.6 is 0 Å². The molecule has 0 aromatic heterocycles. The van der Waals surface area contributed by atoms with E-state index in [9.17, 15) is 5.11 Å². The molecular formula is C14H22N2O. The van der Waals surface area contributed by atoms with E-state index in [1.165, 1.54) is 5.56 Å². The molecule has 1 saturated heterocycles. The minimum absolute atomic E-state index is 0.243. The molecular weight excluding hydrogens is 212 g/mol. The van der Waals surface area contributed by atoms with Crippen LogP contribution in [0.4, 0.5) is 0 Å². The molecule has 0 amide bonds. The van der Waals surface area contributed by atoms with Gasteiger partial charge in [0.25, 0.3) is 0 Å². The number of nitrogens with one attached hydrogen (secondary N) is 1. The monoisotopic (exact) mass is 234 g/mol. The van der Waals surface area contributed by atoms with Crippen molar-refractivity contribution in [2.24, 2.45) is 0 Å². The van der Waals surface area contributed by atoms with E-state index in [1.54, 1.807) is 0 Å². The van der Waals surface area contributed by atoms with Crippen molar-refractivity contribution in [1.29, 1.82) is 0 Å². The largest absolute Gasteiger partial charge is 0.390 e. The van der Waals surface area contributed by atoms with Crippen LogP contribution < -0.4 is 5.32 Å². The van der Waals surface area contributed by atoms with Crippen molar-refractivity contribution in [2.75, 3.05) is 19.6 Å². The standard InChI is InChI=1S/C14H22N2O/c1-2-15-13-8-9-16(11-14(13)17)10-12-6-4-3-5-7-12/h3-7,13-15,17H,2,8-11H2,1H3/t13-,14-/m1/s1. The lowest BCUT2D eigenvalue weighted by Crippen LogP contribution is -2.52. The minimum atomic E-state index is -0.243. The zero-order valence-electron chi connectivity index (χ0n) is 10.5. The third-order valence-corrected chi connectivity index (χ3v) is 3.38. The first kappa shape index (κ1) is 12.6. The first-order valence-corrected chi connectivity index (χ1v) is 6.47. The first-order valence-electron chi connectivity index (χ1n) is 6.47. The molecule has 0 bridgehead atoms. The topological polar surface area (TPSA) is 35.5 Å². The molecule has 0 unspecified atom stereocenters. The van der Waals surface area contributed by atoms with Crippen molar-refractivity contribution in [3.05, 3.63) is 35.9 Å². The lowest BCUT2D eigenvalue weighted by atomic mass is 10.0. The number of hydrogen-bond acceptors (Lipinski definition) is 3. The molecule has 0 radical (unpaired) electrons. The third kappa shape index (κ3) is 3.53. The van der Waals surface area contributed by atoms with Gasteiger partial charge in [0.1, 0.15) is 0 Å². The molecule has 2 N–H and O–H groups in total. The van der Waals surface area contributed by atoms with E-state index in [4.69, 9.17) is 0 Å². The van der Waals surface area contributed by atoms with Crippen LogP contribution in [0.15, 0.2) is 30.3 Å². The van der Waals surface area contributed by atoms with Crippen LogP contribution in [0.25, 0.3) is 0 Å². The molecule has 1 fully saturated rings. The molecule has 17 heavy (non-hydrogen) atoms. The van der Waals surface area contributed by atoms with Crippen molar-refractivity contribution in [2.45, 2.75) is 32.0 Å². The van der Waals surface area contributed by atoms with Gasteiger partial charge in [0.2, 0.25) is 0 Å². The van der Waals surface area contributed by atoms with Gasteiger partial charge in [0.05, 0.1) is 6.10 Å². The maximum absolute atomic E-state index is 10.0. The lowest BCUT2D eigenvalue weighted by molar-refractivity contribution is 0.0377. The number of likely N-dealkylation sites (tertiary alicyclic amines) is 1. The molecule has 1 heterocycles. The van der Waals surface area contributed by atoms with Gasteiger partial charge in [-0.05, 0) is 18.5 Å². The second kappa shape index (κ2) is 6.15. The molecule has 2 atom stereocenters. The lowest BCUT2D eigenvalue weighted by Gasteiger charge is -2.36. The predicted octanol–water partition coefficient (Wildman–Crippen LogP) is 1.23.